The van der Waals surface area contributed by atoms with Gasteiger partial charge in [-0.1, -0.05) is 32.9 Å². The third kappa shape index (κ3) is 4.40. The van der Waals surface area contributed by atoms with Crippen LogP contribution in [-0.2, 0) is 9.53 Å². The lowest BCUT2D eigenvalue weighted by Crippen LogP contribution is -2.38. The minimum absolute atomic E-state index is 0.0392. The summed E-state index contributed by atoms with van der Waals surface area (Å²) in [6.45, 7) is 9.80. The number of morpholine rings is 1. The number of amides is 1. The lowest BCUT2D eigenvalue weighted by atomic mass is 9.96. The van der Waals surface area contributed by atoms with E-state index < -0.39 is 0 Å². The van der Waals surface area contributed by atoms with E-state index in [9.17, 15) is 4.79 Å². The quantitative estimate of drug-likeness (QED) is 0.797. The SMILES string of the molecule is CC(C)(C)C(=O)NCCNc1nc2ccccc2nc1N1CCOCC1. The van der Waals surface area contributed by atoms with E-state index in [1.165, 1.54) is 0 Å². The molecular formula is C19H27N5O2. The molecule has 7 nitrogen and oxygen atoms in total. The van der Waals surface area contributed by atoms with Crippen LogP contribution in [0.5, 0.6) is 0 Å². The lowest BCUT2D eigenvalue weighted by Gasteiger charge is -2.29. The first-order valence-electron chi connectivity index (χ1n) is 9.07. The average Bonchev–Trinajstić information content (AvgIpc) is 2.64. The standard InChI is InChI=1S/C19H27N5O2/c1-19(2,3)18(25)21-9-8-20-16-17(24-10-12-26-13-11-24)23-15-7-5-4-6-14(15)22-16/h4-7H,8-13H2,1-3H3,(H,20,22)(H,21,25). The molecule has 0 unspecified atom stereocenters. The summed E-state index contributed by atoms with van der Waals surface area (Å²) >= 11 is 0. The van der Waals surface area contributed by atoms with Crippen molar-refractivity contribution in [1.29, 1.82) is 0 Å². The molecule has 26 heavy (non-hydrogen) atoms. The molecule has 0 saturated carbocycles. The first-order valence-corrected chi connectivity index (χ1v) is 9.07. The molecule has 1 aliphatic rings. The fourth-order valence-electron chi connectivity index (χ4n) is 2.73. The van der Waals surface area contributed by atoms with Crippen LogP contribution >= 0.6 is 0 Å². The van der Waals surface area contributed by atoms with Gasteiger partial charge in [-0.15, -0.1) is 0 Å². The number of carbonyl (C=O) groups excluding carboxylic acids is 1. The van der Waals surface area contributed by atoms with Crippen molar-refractivity contribution in [2.45, 2.75) is 20.8 Å². The molecule has 2 N–H and O–H groups in total. The van der Waals surface area contributed by atoms with Crippen LogP contribution in [0.4, 0.5) is 11.6 Å². The van der Waals surface area contributed by atoms with Crippen LogP contribution in [-0.4, -0.2) is 55.3 Å². The molecule has 7 heteroatoms. The van der Waals surface area contributed by atoms with Crippen molar-refractivity contribution in [3.63, 3.8) is 0 Å². The van der Waals surface area contributed by atoms with Crippen LogP contribution in [0.15, 0.2) is 24.3 Å². The maximum atomic E-state index is 12.0. The summed E-state index contributed by atoms with van der Waals surface area (Å²) in [6.07, 6.45) is 0. The number of ether oxygens (including phenoxy) is 1. The zero-order chi connectivity index (χ0) is 18.6. The minimum atomic E-state index is -0.387. The van der Waals surface area contributed by atoms with Crippen LogP contribution in [0.1, 0.15) is 20.8 Å². The number of hydrogen-bond acceptors (Lipinski definition) is 6. The minimum Gasteiger partial charge on any atom is -0.378 e. The van der Waals surface area contributed by atoms with Gasteiger partial charge in [-0.05, 0) is 12.1 Å². The van der Waals surface area contributed by atoms with Gasteiger partial charge in [0.25, 0.3) is 0 Å². The van der Waals surface area contributed by atoms with Gasteiger partial charge in [0.05, 0.1) is 24.2 Å². The Bertz CT molecular complexity index is 766. The number of benzene rings is 1. The van der Waals surface area contributed by atoms with Crippen LogP contribution < -0.4 is 15.5 Å². The fraction of sp³-hybridized carbons (Fsp3) is 0.526. The average molecular weight is 357 g/mol. The summed E-state index contributed by atoms with van der Waals surface area (Å²) < 4.78 is 5.45. The molecular weight excluding hydrogens is 330 g/mol. The van der Waals surface area contributed by atoms with Crippen molar-refractivity contribution in [3.8, 4) is 0 Å². The zero-order valence-electron chi connectivity index (χ0n) is 15.7. The monoisotopic (exact) mass is 357 g/mol. The molecule has 1 amide bonds. The van der Waals surface area contributed by atoms with Gasteiger partial charge in [-0.2, -0.15) is 0 Å². The summed E-state index contributed by atoms with van der Waals surface area (Å²) in [7, 11) is 0. The Morgan fingerprint density at radius 2 is 1.77 bits per heavy atom. The number of hydrogen-bond donors (Lipinski definition) is 2. The predicted molar refractivity (Wildman–Crippen MR) is 104 cm³/mol. The molecule has 2 aromatic rings. The normalized spacial score (nSPS) is 15.1. The van der Waals surface area contributed by atoms with Crippen LogP contribution in [0.25, 0.3) is 11.0 Å². The van der Waals surface area contributed by atoms with E-state index >= 15 is 0 Å². The molecule has 1 aromatic heterocycles. The van der Waals surface area contributed by atoms with Gasteiger partial charge >= 0.3 is 0 Å². The van der Waals surface area contributed by atoms with E-state index in [0.29, 0.717) is 26.3 Å². The van der Waals surface area contributed by atoms with E-state index in [-0.39, 0.29) is 11.3 Å². The van der Waals surface area contributed by atoms with E-state index in [0.717, 1.165) is 35.8 Å². The Morgan fingerprint density at radius 1 is 1.12 bits per heavy atom. The second-order valence-corrected chi connectivity index (χ2v) is 7.42. The van der Waals surface area contributed by atoms with Crippen molar-refractivity contribution in [3.05, 3.63) is 24.3 Å². The van der Waals surface area contributed by atoms with E-state index in [1.54, 1.807) is 0 Å². The molecule has 0 aliphatic carbocycles. The summed E-state index contributed by atoms with van der Waals surface area (Å²) in [6, 6.07) is 7.85. The largest absolute Gasteiger partial charge is 0.378 e. The number of nitrogens with one attached hydrogen (secondary N) is 2. The number of rotatable bonds is 5. The number of carbonyl (C=O) groups is 1. The molecule has 140 valence electrons. The van der Waals surface area contributed by atoms with Crippen molar-refractivity contribution >= 4 is 28.6 Å². The molecule has 0 radical (unpaired) electrons. The van der Waals surface area contributed by atoms with Crippen molar-refractivity contribution in [2.24, 2.45) is 5.41 Å². The van der Waals surface area contributed by atoms with E-state index in [4.69, 9.17) is 14.7 Å². The van der Waals surface area contributed by atoms with Gasteiger partial charge in [-0.25, -0.2) is 9.97 Å². The van der Waals surface area contributed by atoms with Gasteiger partial charge in [0.1, 0.15) is 0 Å². The van der Waals surface area contributed by atoms with Gasteiger partial charge in [0.15, 0.2) is 11.6 Å². The van der Waals surface area contributed by atoms with Crippen molar-refractivity contribution in [1.82, 2.24) is 15.3 Å². The number of aromatic nitrogens is 2. The number of nitrogens with zero attached hydrogens (tertiary/aromatic N) is 3. The van der Waals surface area contributed by atoms with Gasteiger partial charge in [-0.3, -0.25) is 4.79 Å². The topological polar surface area (TPSA) is 79.4 Å². The summed E-state index contributed by atoms with van der Waals surface area (Å²) in [5.74, 6) is 1.63. The molecule has 2 heterocycles. The van der Waals surface area contributed by atoms with Crippen LogP contribution in [0.2, 0.25) is 0 Å². The van der Waals surface area contributed by atoms with Crippen LogP contribution in [0.3, 0.4) is 0 Å². The molecule has 0 atom stereocenters. The maximum absolute atomic E-state index is 12.0. The highest BCUT2D eigenvalue weighted by Crippen LogP contribution is 2.25. The van der Waals surface area contributed by atoms with Gasteiger partial charge < -0.3 is 20.3 Å². The Kier molecular flexibility index (Phi) is 5.56. The first-order chi connectivity index (χ1) is 12.4. The van der Waals surface area contributed by atoms with Crippen LogP contribution in [0, 0.1) is 5.41 Å². The van der Waals surface area contributed by atoms with Crippen molar-refractivity contribution in [2.75, 3.05) is 49.6 Å². The smallest absolute Gasteiger partial charge is 0.225 e. The highest BCUT2D eigenvalue weighted by Gasteiger charge is 2.21. The molecule has 0 bridgehead atoms. The second kappa shape index (κ2) is 7.86. The second-order valence-electron chi connectivity index (χ2n) is 7.42. The predicted octanol–water partition coefficient (Wildman–Crippen LogP) is 2.04. The Labute approximate surface area is 154 Å². The lowest BCUT2D eigenvalue weighted by molar-refractivity contribution is -0.128. The highest BCUT2D eigenvalue weighted by molar-refractivity contribution is 5.82. The Balaban J connectivity index is 1.74. The van der Waals surface area contributed by atoms with Gasteiger partial charge in [0, 0.05) is 31.6 Å². The summed E-state index contributed by atoms with van der Waals surface area (Å²) in [5.41, 5.74) is 1.34. The molecule has 1 aromatic carbocycles. The molecule has 0 spiro atoms. The number of para-hydroxylation sites is 2. The number of anilines is 2. The molecule has 3 rings (SSSR count). The maximum Gasteiger partial charge on any atom is 0.225 e. The summed E-state index contributed by atoms with van der Waals surface area (Å²) in [5, 5.41) is 6.28. The van der Waals surface area contributed by atoms with E-state index in [2.05, 4.69) is 15.5 Å². The van der Waals surface area contributed by atoms with E-state index in [1.807, 2.05) is 45.0 Å². The number of fused-ring (bicyclic) bond motifs is 1. The first kappa shape index (κ1) is 18.4. The Hall–Kier alpha value is -2.41. The summed E-state index contributed by atoms with van der Waals surface area (Å²) in [4.78, 5) is 23.7. The zero-order valence-corrected chi connectivity index (χ0v) is 15.7. The third-order valence-electron chi connectivity index (χ3n) is 4.25. The fourth-order valence-corrected chi connectivity index (χ4v) is 2.73. The molecule has 1 aliphatic heterocycles. The highest BCUT2D eigenvalue weighted by atomic mass is 16.5. The third-order valence-corrected chi connectivity index (χ3v) is 4.25. The molecule has 1 fully saturated rings. The van der Waals surface area contributed by atoms with Gasteiger partial charge in [0.2, 0.25) is 5.91 Å². The molecule has 1 saturated heterocycles. The van der Waals surface area contributed by atoms with Crippen molar-refractivity contribution < 1.29 is 9.53 Å². The Morgan fingerprint density at radius 3 is 2.42 bits per heavy atom.